The Bertz CT molecular complexity index is 248. The van der Waals surface area contributed by atoms with Crippen molar-refractivity contribution in [2.24, 2.45) is 0 Å². The number of hydrogen-bond donors (Lipinski definition) is 1. The fourth-order valence-electron chi connectivity index (χ4n) is 0.816. The molecule has 0 aliphatic heterocycles. The second kappa shape index (κ2) is 3.93. The van der Waals surface area contributed by atoms with Gasteiger partial charge in [0.25, 0.3) is 0 Å². The molecule has 1 aromatic rings. The van der Waals surface area contributed by atoms with Crippen molar-refractivity contribution >= 4 is 27.3 Å². The highest BCUT2D eigenvalue weighted by Crippen LogP contribution is 2.34. The molecule has 0 spiro atoms. The molecule has 0 radical (unpaired) electrons. The third-order valence-electron chi connectivity index (χ3n) is 1.46. The lowest BCUT2D eigenvalue weighted by atomic mass is 10.2. The lowest BCUT2D eigenvalue weighted by molar-refractivity contribution is 1.37. The summed E-state index contributed by atoms with van der Waals surface area (Å²) in [5, 5.41) is 0. The van der Waals surface area contributed by atoms with Gasteiger partial charge in [-0.1, -0.05) is 33.7 Å². The minimum atomic E-state index is 0.909. The van der Waals surface area contributed by atoms with Crippen LogP contribution in [0.3, 0.4) is 0 Å². The predicted molar refractivity (Wildman–Crippen MR) is 55.0 cm³/mol. The molecule has 0 atom stereocenters. The van der Waals surface area contributed by atoms with Crippen molar-refractivity contribution in [1.82, 2.24) is 0 Å². The van der Waals surface area contributed by atoms with E-state index in [1.54, 1.807) is 21.6 Å². The molecule has 0 fully saturated rings. The first-order valence-corrected chi connectivity index (χ1v) is 5.87. The van der Waals surface area contributed by atoms with Crippen LogP contribution >= 0.6 is 21.6 Å². The molecule has 0 heterocycles. The fraction of sp³-hybridized carbons (Fsp3) is 0.250. The minimum absolute atomic E-state index is 0.909. The number of nitrogens with two attached hydrogens (primary N) is 1. The first kappa shape index (κ1) is 8.81. The highest BCUT2D eigenvalue weighted by atomic mass is 33.1. The zero-order chi connectivity index (χ0) is 8.27. The largest absolute Gasteiger partial charge is 0.398 e. The van der Waals surface area contributed by atoms with Gasteiger partial charge in [0.05, 0.1) is 0 Å². The van der Waals surface area contributed by atoms with Gasteiger partial charge in [-0.15, -0.1) is 0 Å². The summed E-state index contributed by atoms with van der Waals surface area (Å²) in [6.07, 6.45) is 2.05. The smallest absolute Gasteiger partial charge is 0.0490 e. The highest BCUT2D eigenvalue weighted by Gasteiger charge is 1.99. The van der Waals surface area contributed by atoms with Gasteiger partial charge in [0.1, 0.15) is 0 Å². The summed E-state index contributed by atoms with van der Waals surface area (Å²) < 4.78 is 0. The topological polar surface area (TPSA) is 26.0 Å². The highest BCUT2D eigenvalue weighted by molar-refractivity contribution is 8.76. The van der Waals surface area contributed by atoms with Gasteiger partial charge in [0.15, 0.2) is 0 Å². The van der Waals surface area contributed by atoms with Gasteiger partial charge in [0, 0.05) is 10.6 Å². The number of aryl methyl sites for hydroxylation is 1. The van der Waals surface area contributed by atoms with E-state index in [2.05, 4.69) is 0 Å². The first-order valence-electron chi connectivity index (χ1n) is 3.31. The molecular weight excluding hydrogens is 174 g/mol. The normalized spacial score (nSPS) is 10.0. The molecule has 0 aromatic heterocycles. The van der Waals surface area contributed by atoms with Crippen LogP contribution in [0.25, 0.3) is 0 Å². The van der Waals surface area contributed by atoms with Crippen LogP contribution < -0.4 is 5.73 Å². The van der Waals surface area contributed by atoms with E-state index >= 15 is 0 Å². The summed E-state index contributed by atoms with van der Waals surface area (Å²) in [5.41, 5.74) is 7.90. The predicted octanol–water partition coefficient (Wildman–Crippen LogP) is 2.95. The molecule has 1 aromatic carbocycles. The van der Waals surface area contributed by atoms with Gasteiger partial charge in [-0.25, -0.2) is 0 Å². The Morgan fingerprint density at radius 3 is 2.73 bits per heavy atom. The molecule has 0 unspecified atom stereocenters. The van der Waals surface area contributed by atoms with E-state index in [0.29, 0.717) is 0 Å². The van der Waals surface area contributed by atoms with Gasteiger partial charge in [0.2, 0.25) is 0 Å². The average Bonchev–Trinajstić information content (AvgIpc) is 1.99. The minimum Gasteiger partial charge on any atom is -0.398 e. The standard InChI is InChI=1S/C8H11NS2/c1-6-4-3-5-7(8(6)9)11-10-2/h3-5H,9H2,1-2H3. The zero-order valence-electron chi connectivity index (χ0n) is 6.63. The summed E-state index contributed by atoms with van der Waals surface area (Å²) >= 11 is 0. The van der Waals surface area contributed by atoms with Crippen LogP contribution in [-0.4, -0.2) is 6.26 Å². The van der Waals surface area contributed by atoms with Crippen LogP contribution in [0.1, 0.15) is 5.56 Å². The van der Waals surface area contributed by atoms with Crippen LogP contribution in [0.15, 0.2) is 23.1 Å². The molecule has 1 nitrogen and oxygen atoms in total. The van der Waals surface area contributed by atoms with Gasteiger partial charge >= 0.3 is 0 Å². The Kier molecular flexibility index (Phi) is 3.15. The second-order valence-electron chi connectivity index (χ2n) is 2.24. The Morgan fingerprint density at radius 1 is 1.36 bits per heavy atom. The van der Waals surface area contributed by atoms with E-state index < -0.39 is 0 Å². The van der Waals surface area contributed by atoms with Crippen molar-refractivity contribution in [2.45, 2.75) is 11.8 Å². The summed E-state index contributed by atoms with van der Waals surface area (Å²) in [4.78, 5) is 1.16. The fourth-order valence-corrected chi connectivity index (χ4v) is 2.36. The molecule has 1 rings (SSSR count). The molecule has 60 valence electrons. The lowest BCUT2D eigenvalue weighted by Gasteiger charge is -2.04. The summed E-state index contributed by atoms with van der Waals surface area (Å²) in [5.74, 6) is 0. The number of para-hydroxylation sites is 1. The maximum atomic E-state index is 5.83. The third-order valence-corrected chi connectivity index (χ3v) is 3.20. The van der Waals surface area contributed by atoms with Crippen molar-refractivity contribution in [3.8, 4) is 0 Å². The van der Waals surface area contributed by atoms with Crippen molar-refractivity contribution in [1.29, 1.82) is 0 Å². The van der Waals surface area contributed by atoms with E-state index in [1.165, 1.54) is 0 Å². The number of rotatable bonds is 2. The number of hydrogen-bond acceptors (Lipinski definition) is 3. The molecule has 11 heavy (non-hydrogen) atoms. The molecular formula is C8H11NS2. The van der Waals surface area contributed by atoms with Crippen LogP contribution in [0.4, 0.5) is 5.69 Å². The SMILES string of the molecule is CSSc1cccc(C)c1N. The van der Waals surface area contributed by atoms with E-state index in [9.17, 15) is 0 Å². The van der Waals surface area contributed by atoms with Crippen LogP contribution in [0, 0.1) is 6.92 Å². The third kappa shape index (κ3) is 2.07. The molecule has 0 aliphatic rings. The monoisotopic (exact) mass is 185 g/mol. The van der Waals surface area contributed by atoms with E-state index in [1.807, 2.05) is 31.4 Å². The average molecular weight is 185 g/mol. The Balaban J connectivity index is 2.96. The number of nitrogen functional groups attached to an aromatic ring is 1. The van der Waals surface area contributed by atoms with Gasteiger partial charge < -0.3 is 5.73 Å². The Hall–Kier alpha value is -0.280. The zero-order valence-corrected chi connectivity index (χ0v) is 8.26. The van der Waals surface area contributed by atoms with Crippen LogP contribution in [-0.2, 0) is 0 Å². The summed E-state index contributed by atoms with van der Waals surface area (Å²) in [6, 6.07) is 6.10. The maximum Gasteiger partial charge on any atom is 0.0490 e. The molecule has 0 saturated carbocycles. The molecule has 2 N–H and O–H groups in total. The van der Waals surface area contributed by atoms with E-state index in [-0.39, 0.29) is 0 Å². The first-order chi connectivity index (χ1) is 5.25. The van der Waals surface area contributed by atoms with E-state index in [0.717, 1.165) is 16.1 Å². The summed E-state index contributed by atoms with van der Waals surface area (Å²) in [6.45, 7) is 2.03. The quantitative estimate of drug-likeness (QED) is 0.566. The van der Waals surface area contributed by atoms with Gasteiger partial charge in [-0.05, 0) is 24.8 Å². The van der Waals surface area contributed by atoms with E-state index in [4.69, 9.17) is 5.73 Å². The van der Waals surface area contributed by atoms with Crippen molar-refractivity contribution in [3.63, 3.8) is 0 Å². The second-order valence-corrected chi connectivity index (χ2v) is 4.68. The molecule has 0 amide bonds. The Labute approximate surface area is 75.1 Å². The molecule has 0 saturated heterocycles. The van der Waals surface area contributed by atoms with Crippen LogP contribution in [0.5, 0.6) is 0 Å². The maximum absolute atomic E-state index is 5.83. The van der Waals surface area contributed by atoms with Crippen molar-refractivity contribution < 1.29 is 0 Å². The van der Waals surface area contributed by atoms with Gasteiger partial charge in [-0.3, -0.25) is 0 Å². The lowest BCUT2D eigenvalue weighted by Crippen LogP contribution is -1.90. The number of benzene rings is 1. The molecule has 3 heteroatoms. The van der Waals surface area contributed by atoms with Crippen LogP contribution in [0.2, 0.25) is 0 Å². The molecule has 0 bridgehead atoms. The molecule has 0 aliphatic carbocycles. The van der Waals surface area contributed by atoms with Crippen molar-refractivity contribution in [3.05, 3.63) is 23.8 Å². The van der Waals surface area contributed by atoms with Gasteiger partial charge in [-0.2, -0.15) is 0 Å². The Morgan fingerprint density at radius 2 is 2.09 bits per heavy atom. The van der Waals surface area contributed by atoms with Crippen molar-refractivity contribution in [2.75, 3.05) is 12.0 Å². The number of anilines is 1. The summed E-state index contributed by atoms with van der Waals surface area (Å²) in [7, 11) is 3.42.